The summed E-state index contributed by atoms with van der Waals surface area (Å²) < 4.78 is 0. The van der Waals surface area contributed by atoms with Gasteiger partial charge in [0.15, 0.2) is 5.78 Å². The first kappa shape index (κ1) is 22.4. The van der Waals surface area contributed by atoms with E-state index in [0.29, 0.717) is 24.7 Å². The predicted octanol–water partition coefficient (Wildman–Crippen LogP) is 6.49. The normalized spacial score (nSPS) is 17.5. The van der Waals surface area contributed by atoms with Crippen LogP contribution in [0.3, 0.4) is 0 Å². The number of rotatable bonds is 6. The molecule has 1 aliphatic heterocycles. The third-order valence-corrected chi connectivity index (χ3v) is 7.31. The third-order valence-electron chi connectivity index (χ3n) is 6.99. The molecule has 1 saturated carbocycles. The number of carbonyl (C=O) groups is 1. The summed E-state index contributed by atoms with van der Waals surface area (Å²) >= 11 is 6.56. The van der Waals surface area contributed by atoms with Crippen LogP contribution in [-0.4, -0.2) is 18.9 Å². The Morgan fingerprint density at radius 2 is 1.84 bits per heavy atom. The van der Waals surface area contributed by atoms with Crippen LogP contribution < -0.4 is 10.6 Å². The Morgan fingerprint density at radius 1 is 1.06 bits per heavy atom. The Kier molecular flexibility index (Phi) is 7.68. The number of benzene rings is 2. The largest absolute Gasteiger partial charge is 0.380 e. The van der Waals surface area contributed by atoms with E-state index in [9.17, 15) is 4.79 Å². The number of ketones is 1. The fourth-order valence-corrected chi connectivity index (χ4v) is 5.46. The van der Waals surface area contributed by atoms with Crippen LogP contribution in [0.25, 0.3) is 0 Å². The maximum absolute atomic E-state index is 12.9. The minimum Gasteiger partial charge on any atom is -0.380 e. The van der Waals surface area contributed by atoms with Crippen molar-refractivity contribution in [2.75, 3.05) is 18.4 Å². The molecule has 2 aromatic rings. The van der Waals surface area contributed by atoms with E-state index in [1.54, 1.807) is 0 Å². The third kappa shape index (κ3) is 5.70. The molecule has 3 nitrogen and oxygen atoms in total. The first-order valence-electron chi connectivity index (χ1n) is 12.0. The molecule has 1 fully saturated rings. The van der Waals surface area contributed by atoms with Gasteiger partial charge in [-0.25, -0.2) is 0 Å². The summed E-state index contributed by atoms with van der Waals surface area (Å²) in [5.74, 6) is 0.883. The molecule has 2 aliphatic rings. The van der Waals surface area contributed by atoms with E-state index < -0.39 is 0 Å². The van der Waals surface area contributed by atoms with Crippen LogP contribution >= 0.6 is 11.6 Å². The standard InChI is InChI=1S/C27H35ClN2O/c1-19-16-21(8-10-23(19)26(31)17-20-6-4-2-3-5-7-20)18-30-27-24-13-15-29-14-12-22(24)9-11-25(27)28/h8-11,16,20,29-30H,2-7,12-15,17-18H2,1H3. The van der Waals surface area contributed by atoms with Gasteiger partial charge in [-0.15, -0.1) is 0 Å². The number of aryl methyl sites for hydroxylation is 1. The van der Waals surface area contributed by atoms with Crippen LogP contribution in [0.1, 0.15) is 77.6 Å². The van der Waals surface area contributed by atoms with Crippen molar-refractivity contribution in [1.82, 2.24) is 5.32 Å². The first-order valence-corrected chi connectivity index (χ1v) is 12.4. The number of fused-ring (bicyclic) bond motifs is 1. The second-order valence-corrected chi connectivity index (χ2v) is 9.70. The molecule has 31 heavy (non-hydrogen) atoms. The zero-order valence-corrected chi connectivity index (χ0v) is 19.5. The number of halogens is 1. The number of Topliss-reactive ketones (excluding diaryl/α,β-unsaturated/α-hetero) is 1. The van der Waals surface area contributed by atoms with Gasteiger partial charge in [0.25, 0.3) is 0 Å². The van der Waals surface area contributed by atoms with E-state index in [2.05, 4.69) is 35.8 Å². The topological polar surface area (TPSA) is 41.1 Å². The Bertz CT molecular complexity index is 916. The second-order valence-electron chi connectivity index (χ2n) is 9.30. The van der Waals surface area contributed by atoms with Crippen molar-refractivity contribution in [1.29, 1.82) is 0 Å². The minimum atomic E-state index is 0.313. The average Bonchev–Trinajstić information content (AvgIpc) is 3.16. The summed E-state index contributed by atoms with van der Waals surface area (Å²) in [7, 11) is 0. The highest BCUT2D eigenvalue weighted by molar-refractivity contribution is 6.33. The van der Waals surface area contributed by atoms with E-state index in [-0.39, 0.29) is 0 Å². The second kappa shape index (κ2) is 10.7. The fraction of sp³-hybridized carbons (Fsp3) is 0.519. The summed E-state index contributed by atoms with van der Waals surface area (Å²) in [6.07, 6.45) is 10.4. The van der Waals surface area contributed by atoms with Crippen molar-refractivity contribution in [3.8, 4) is 0 Å². The summed E-state index contributed by atoms with van der Waals surface area (Å²) in [5.41, 5.74) is 6.95. The summed E-state index contributed by atoms with van der Waals surface area (Å²) in [5, 5.41) is 7.84. The predicted molar refractivity (Wildman–Crippen MR) is 130 cm³/mol. The number of anilines is 1. The zero-order chi connectivity index (χ0) is 21.6. The highest BCUT2D eigenvalue weighted by Gasteiger charge is 2.19. The molecule has 1 aliphatic carbocycles. The molecule has 0 saturated heterocycles. The van der Waals surface area contributed by atoms with Crippen molar-refractivity contribution in [3.63, 3.8) is 0 Å². The number of nitrogens with one attached hydrogen (secondary N) is 2. The molecule has 2 aromatic carbocycles. The molecule has 0 spiro atoms. The van der Waals surface area contributed by atoms with Gasteiger partial charge in [-0.05, 0) is 67.1 Å². The number of hydrogen-bond acceptors (Lipinski definition) is 3. The molecular formula is C27H35ClN2O. The van der Waals surface area contributed by atoms with Crippen LogP contribution in [0.4, 0.5) is 5.69 Å². The lowest BCUT2D eigenvalue weighted by molar-refractivity contribution is 0.0956. The van der Waals surface area contributed by atoms with Crippen molar-refractivity contribution < 1.29 is 4.79 Å². The smallest absolute Gasteiger partial charge is 0.163 e. The van der Waals surface area contributed by atoms with Gasteiger partial charge in [0.05, 0.1) is 10.7 Å². The molecule has 0 atom stereocenters. The molecule has 0 amide bonds. The SMILES string of the molecule is Cc1cc(CNc2c(Cl)ccc3c2CCNCC3)ccc1C(=O)CC1CCCCCC1. The molecular weight excluding hydrogens is 404 g/mol. The summed E-state index contributed by atoms with van der Waals surface area (Å²) in [6, 6.07) is 10.5. The highest BCUT2D eigenvalue weighted by atomic mass is 35.5. The lowest BCUT2D eigenvalue weighted by atomic mass is 9.90. The van der Waals surface area contributed by atoms with Gasteiger partial charge in [-0.1, -0.05) is 74.4 Å². The average molecular weight is 439 g/mol. The van der Waals surface area contributed by atoms with Crippen LogP contribution in [0.5, 0.6) is 0 Å². The van der Waals surface area contributed by atoms with Crippen LogP contribution in [0, 0.1) is 12.8 Å². The monoisotopic (exact) mass is 438 g/mol. The van der Waals surface area contributed by atoms with Crippen molar-refractivity contribution in [2.45, 2.75) is 71.3 Å². The molecule has 2 N–H and O–H groups in total. The molecule has 1 heterocycles. The van der Waals surface area contributed by atoms with Crippen LogP contribution in [-0.2, 0) is 19.4 Å². The van der Waals surface area contributed by atoms with Gasteiger partial charge in [0, 0.05) is 18.5 Å². The van der Waals surface area contributed by atoms with Gasteiger partial charge in [0.1, 0.15) is 0 Å². The van der Waals surface area contributed by atoms with Crippen molar-refractivity contribution >= 4 is 23.1 Å². The van der Waals surface area contributed by atoms with E-state index in [1.807, 2.05) is 12.1 Å². The van der Waals surface area contributed by atoms with Gasteiger partial charge >= 0.3 is 0 Å². The van der Waals surface area contributed by atoms with E-state index in [4.69, 9.17) is 11.6 Å². The summed E-state index contributed by atoms with van der Waals surface area (Å²) in [4.78, 5) is 12.9. The minimum absolute atomic E-state index is 0.313. The summed E-state index contributed by atoms with van der Waals surface area (Å²) in [6.45, 7) is 4.78. The molecule has 4 heteroatoms. The maximum Gasteiger partial charge on any atom is 0.163 e. The van der Waals surface area contributed by atoms with Crippen molar-refractivity contribution in [3.05, 3.63) is 63.2 Å². The first-order chi connectivity index (χ1) is 15.1. The van der Waals surface area contributed by atoms with E-state index >= 15 is 0 Å². The molecule has 0 radical (unpaired) electrons. The molecule has 0 unspecified atom stereocenters. The lowest BCUT2D eigenvalue weighted by Gasteiger charge is -2.17. The molecule has 0 aromatic heterocycles. The van der Waals surface area contributed by atoms with Gasteiger partial charge < -0.3 is 10.6 Å². The van der Waals surface area contributed by atoms with Crippen molar-refractivity contribution in [2.24, 2.45) is 5.92 Å². The molecule has 4 rings (SSSR count). The van der Waals surface area contributed by atoms with Crippen LogP contribution in [0.15, 0.2) is 30.3 Å². The number of carbonyl (C=O) groups excluding carboxylic acids is 1. The quantitative estimate of drug-likeness (QED) is 0.400. The fourth-order valence-electron chi connectivity index (χ4n) is 5.21. The highest BCUT2D eigenvalue weighted by Crippen LogP contribution is 2.31. The maximum atomic E-state index is 12.9. The van der Waals surface area contributed by atoms with E-state index in [0.717, 1.165) is 47.8 Å². The van der Waals surface area contributed by atoms with E-state index in [1.165, 1.54) is 55.2 Å². The molecule has 0 bridgehead atoms. The Hall–Kier alpha value is -1.84. The Morgan fingerprint density at radius 3 is 2.61 bits per heavy atom. The zero-order valence-electron chi connectivity index (χ0n) is 18.7. The Labute approximate surface area is 192 Å². The van der Waals surface area contributed by atoms with Gasteiger partial charge in [0.2, 0.25) is 0 Å². The van der Waals surface area contributed by atoms with Gasteiger partial charge in [-0.3, -0.25) is 4.79 Å². The Balaban J connectivity index is 1.43. The lowest BCUT2D eigenvalue weighted by Crippen LogP contribution is -2.16. The molecule has 166 valence electrons. The number of hydrogen-bond donors (Lipinski definition) is 2. The van der Waals surface area contributed by atoms with Gasteiger partial charge in [-0.2, -0.15) is 0 Å². The van der Waals surface area contributed by atoms with Crippen LogP contribution in [0.2, 0.25) is 5.02 Å².